The zero-order valence-electron chi connectivity index (χ0n) is 13.2. The van der Waals surface area contributed by atoms with Crippen LogP contribution in [0, 0.1) is 0 Å². The van der Waals surface area contributed by atoms with Gasteiger partial charge in [-0.3, -0.25) is 9.69 Å². The molecule has 6 nitrogen and oxygen atoms in total. The van der Waals surface area contributed by atoms with Crippen molar-refractivity contribution in [3.63, 3.8) is 0 Å². The van der Waals surface area contributed by atoms with Crippen molar-refractivity contribution in [1.82, 2.24) is 19.8 Å². The fourth-order valence-electron chi connectivity index (χ4n) is 2.97. The van der Waals surface area contributed by atoms with Crippen molar-refractivity contribution in [2.45, 2.75) is 32.0 Å². The number of fused-ring (bicyclic) bond motifs is 1. The molecule has 0 bridgehead atoms. The second-order valence-corrected chi connectivity index (χ2v) is 5.98. The summed E-state index contributed by atoms with van der Waals surface area (Å²) < 4.78 is 7.19. The van der Waals surface area contributed by atoms with E-state index < -0.39 is 0 Å². The minimum Gasteiger partial charge on any atom is -0.378 e. The quantitative estimate of drug-likeness (QED) is 0.921. The molecule has 1 fully saturated rings. The first-order chi connectivity index (χ1) is 10.6. The average molecular weight is 302 g/mol. The summed E-state index contributed by atoms with van der Waals surface area (Å²) in [6, 6.07) is 7.89. The summed E-state index contributed by atoms with van der Waals surface area (Å²) in [4.78, 5) is 14.9. The van der Waals surface area contributed by atoms with Crippen molar-refractivity contribution in [3.05, 3.63) is 36.2 Å². The molecule has 1 saturated heterocycles. The predicted octanol–water partition coefficient (Wildman–Crippen LogP) is 1.17. The Morgan fingerprint density at radius 2 is 2.18 bits per heavy atom. The Hall–Kier alpha value is -1.92. The SMILES string of the molecule is CO[C@H]1CN(C(C)C)C[C@@H]1NC(=O)c1cccc2ccnn12. The van der Waals surface area contributed by atoms with E-state index in [0.717, 1.165) is 18.6 Å². The van der Waals surface area contributed by atoms with Gasteiger partial charge in [0.2, 0.25) is 0 Å². The highest BCUT2D eigenvalue weighted by Gasteiger charge is 2.35. The molecule has 1 N–H and O–H groups in total. The van der Waals surface area contributed by atoms with Crippen molar-refractivity contribution >= 4 is 11.4 Å². The smallest absolute Gasteiger partial charge is 0.270 e. The van der Waals surface area contributed by atoms with Crippen LogP contribution in [0.4, 0.5) is 0 Å². The van der Waals surface area contributed by atoms with Crippen LogP contribution in [0.5, 0.6) is 0 Å². The van der Waals surface area contributed by atoms with E-state index in [-0.39, 0.29) is 18.1 Å². The van der Waals surface area contributed by atoms with Crippen LogP contribution >= 0.6 is 0 Å². The molecule has 0 radical (unpaired) electrons. The molecule has 1 aliphatic heterocycles. The maximum Gasteiger partial charge on any atom is 0.270 e. The van der Waals surface area contributed by atoms with Gasteiger partial charge in [0.05, 0.1) is 23.9 Å². The van der Waals surface area contributed by atoms with Gasteiger partial charge in [0.1, 0.15) is 5.69 Å². The largest absolute Gasteiger partial charge is 0.378 e. The number of hydrogen-bond donors (Lipinski definition) is 1. The fraction of sp³-hybridized carbons (Fsp3) is 0.500. The summed E-state index contributed by atoms with van der Waals surface area (Å²) in [5.41, 5.74) is 1.45. The van der Waals surface area contributed by atoms with E-state index >= 15 is 0 Å². The topological polar surface area (TPSA) is 58.9 Å². The predicted molar refractivity (Wildman–Crippen MR) is 84.0 cm³/mol. The van der Waals surface area contributed by atoms with Gasteiger partial charge in [-0.05, 0) is 32.0 Å². The number of nitrogens with zero attached hydrogens (tertiary/aromatic N) is 3. The molecule has 0 aromatic carbocycles. The van der Waals surface area contributed by atoms with Gasteiger partial charge in [-0.2, -0.15) is 5.10 Å². The Labute approximate surface area is 130 Å². The molecule has 0 spiro atoms. The molecule has 2 aromatic heterocycles. The standard InChI is InChI=1S/C16H22N4O2/c1-11(2)19-9-13(15(10-19)22-3)18-16(21)14-6-4-5-12-7-8-17-20(12)14/h4-8,11,13,15H,9-10H2,1-3H3,(H,18,21)/t13-,15-/m0/s1. The van der Waals surface area contributed by atoms with E-state index in [4.69, 9.17) is 4.74 Å². The Morgan fingerprint density at radius 3 is 2.91 bits per heavy atom. The van der Waals surface area contributed by atoms with E-state index in [1.165, 1.54) is 0 Å². The van der Waals surface area contributed by atoms with Crippen LogP contribution in [0.1, 0.15) is 24.3 Å². The molecule has 1 aliphatic rings. The van der Waals surface area contributed by atoms with Gasteiger partial charge < -0.3 is 10.1 Å². The summed E-state index contributed by atoms with van der Waals surface area (Å²) in [5.74, 6) is -0.119. The number of carbonyl (C=O) groups excluding carboxylic acids is 1. The molecule has 0 aliphatic carbocycles. The van der Waals surface area contributed by atoms with E-state index in [1.54, 1.807) is 23.9 Å². The molecule has 0 unspecified atom stereocenters. The summed E-state index contributed by atoms with van der Waals surface area (Å²) in [5, 5.41) is 7.31. The molecule has 2 atom stereocenters. The minimum atomic E-state index is -0.119. The Balaban J connectivity index is 1.77. The van der Waals surface area contributed by atoms with Crippen molar-refractivity contribution < 1.29 is 9.53 Å². The lowest BCUT2D eigenvalue weighted by molar-refractivity contribution is 0.0749. The normalized spacial score (nSPS) is 22.5. The van der Waals surface area contributed by atoms with Crippen molar-refractivity contribution in [1.29, 1.82) is 0 Å². The molecular weight excluding hydrogens is 280 g/mol. The van der Waals surface area contributed by atoms with Gasteiger partial charge in [-0.25, -0.2) is 4.52 Å². The first-order valence-corrected chi connectivity index (χ1v) is 7.60. The van der Waals surface area contributed by atoms with Crippen molar-refractivity contribution in [3.8, 4) is 0 Å². The van der Waals surface area contributed by atoms with Gasteiger partial charge >= 0.3 is 0 Å². The summed E-state index contributed by atoms with van der Waals surface area (Å²) in [7, 11) is 1.70. The van der Waals surface area contributed by atoms with Gasteiger partial charge in [0, 0.05) is 26.2 Å². The van der Waals surface area contributed by atoms with Crippen LogP contribution in [0.3, 0.4) is 0 Å². The lowest BCUT2D eigenvalue weighted by Crippen LogP contribution is -2.44. The van der Waals surface area contributed by atoms with Crippen LogP contribution in [0.2, 0.25) is 0 Å². The number of amides is 1. The Bertz CT molecular complexity index is 667. The van der Waals surface area contributed by atoms with Gasteiger partial charge in [-0.1, -0.05) is 6.07 Å². The molecule has 1 amide bonds. The minimum absolute atomic E-state index is 0.00859. The van der Waals surface area contributed by atoms with E-state index in [0.29, 0.717) is 11.7 Å². The number of hydrogen-bond acceptors (Lipinski definition) is 4. The van der Waals surface area contributed by atoms with Crippen LogP contribution in [-0.2, 0) is 4.74 Å². The zero-order valence-corrected chi connectivity index (χ0v) is 13.2. The van der Waals surface area contributed by atoms with E-state index in [9.17, 15) is 4.79 Å². The highest BCUT2D eigenvalue weighted by atomic mass is 16.5. The molecule has 3 heterocycles. The molecule has 0 saturated carbocycles. The third-order valence-corrected chi connectivity index (χ3v) is 4.30. The number of likely N-dealkylation sites (tertiary alicyclic amines) is 1. The highest BCUT2D eigenvalue weighted by molar-refractivity contribution is 5.93. The van der Waals surface area contributed by atoms with Gasteiger partial charge in [-0.15, -0.1) is 0 Å². The highest BCUT2D eigenvalue weighted by Crippen LogP contribution is 2.16. The lowest BCUT2D eigenvalue weighted by Gasteiger charge is -2.20. The summed E-state index contributed by atoms with van der Waals surface area (Å²) in [6.45, 7) is 5.95. The molecule has 6 heteroatoms. The maximum atomic E-state index is 12.6. The fourth-order valence-corrected chi connectivity index (χ4v) is 2.97. The maximum absolute atomic E-state index is 12.6. The molecule has 3 rings (SSSR count). The molecular formula is C16H22N4O2. The lowest BCUT2D eigenvalue weighted by atomic mass is 10.2. The number of carbonyl (C=O) groups is 1. The summed E-state index contributed by atoms with van der Waals surface area (Å²) >= 11 is 0. The van der Waals surface area contributed by atoms with Gasteiger partial charge in [0.15, 0.2) is 0 Å². The second-order valence-electron chi connectivity index (χ2n) is 5.98. The molecule has 118 valence electrons. The van der Waals surface area contributed by atoms with Crippen LogP contribution in [0.15, 0.2) is 30.5 Å². The third-order valence-electron chi connectivity index (χ3n) is 4.30. The molecule has 22 heavy (non-hydrogen) atoms. The first kappa shape index (κ1) is 15.0. The van der Waals surface area contributed by atoms with Crippen LogP contribution < -0.4 is 5.32 Å². The average Bonchev–Trinajstić information content (AvgIpc) is 3.12. The number of ether oxygens (including phenoxy) is 1. The van der Waals surface area contributed by atoms with Crippen LogP contribution in [0.25, 0.3) is 5.52 Å². The first-order valence-electron chi connectivity index (χ1n) is 7.60. The third kappa shape index (κ3) is 2.71. The zero-order chi connectivity index (χ0) is 15.7. The van der Waals surface area contributed by atoms with E-state index in [1.807, 2.05) is 18.2 Å². The number of nitrogens with one attached hydrogen (secondary N) is 1. The van der Waals surface area contributed by atoms with E-state index in [2.05, 4.69) is 29.2 Å². The Morgan fingerprint density at radius 1 is 1.36 bits per heavy atom. The number of pyridine rings is 1. The second kappa shape index (κ2) is 6.06. The Kier molecular flexibility index (Phi) is 4.13. The number of rotatable bonds is 4. The van der Waals surface area contributed by atoms with Crippen LogP contribution in [-0.4, -0.2) is 58.8 Å². The molecule has 2 aromatic rings. The number of methoxy groups -OCH3 is 1. The summed E-state index contributed by atoms with van der Waals surface area (Å²) in [6.07, 6.45) is 1.71. The number of aromatic nitrogens is 2. The van der Waals surface area contributed by atoms with Crippen molar-refractivity contribution in [2.75, 3.05) is 20.2 Å². The van der Waals surface area contributed by atoms with Crippen molar-refractivity contribution in [2.24, 2.45) is 0 Å². The van der Waals surface area contributed by atoms with Gasteiger partial charge in [0.25, 0.3) is 5.91 Å². The monoisotopic (exact) mass is 302 g/mol.